The maximum Gasteiger partial charge on any atom is 0.346 e. The number of rotatable bonds is 4. The molecule has 0 saturated carbocycles. The second-order valence-electron chi connectivity index (χ2n) is 5.44. The molecule has 1 heterocycles. The smallest absolute Gasteiger partial charge is 0.346 e. The number of benzene rings is 2. The van der Waals surface area contributed by atoms with Crippen LogP contribution < -0.4 is 9.47 Å². The van der Waals surface area contributed by atoms with Crippen molar-refractivity contribution in [3.8, 4) is 11.5 Å². The molecule has 0 saturated heterocycles. The number of hydrogen-bond acceptors (Lipinski definition) is 5. The highest BCUT2D eigenvalue weighted by Gasteiger charge is 2.28. The maximum absolute atomic E-state index is 12.4. The number of hydrogen-bond donors (Lipinski definition) is 0. The van der Waals surface area contributed by atoms with Crippen molar-refractivity contribution in [1.29, 1.82) is 0 Å². The van der Waals surface area contributed by atoms with Gasteiger partial charge in [-0.3, -0.25) is 4.79 Å². The fraction of sp³-hybridized carbons (Fsp3) is 0.158. The molecule has 1 aliphatic heterocycles. The van der Waals surface area contributed by atoms with Crippen LogP contribution in [0.25, 0.3) is 6.08 Å². The zero-order chi connectivity index (χ0) is 18.0. The molecule has 0 spiro atoms. The van der Waals surface area contributed by atoms with E-state index in [-0.39, 0.29) is 11.5 Å². The van der Waals surface area contributed by atoms with E-state index in [1.165, 1.54) is 7.11 Å². The van der Waals surface area contributed by atoms with Crippen LogP contribution in [0.1, 0.15) is 22.8 Å². The van der Waals surface area contributed by atoms with Crippen LogP contribution in [0, 0.1) is 0 Å². The van der Waals surface area contributed by atoms with Gasteiger partial charge in [0.15, 0.2) is 11.9 Å². The lowest BCUT2D eigenvalue weighted by Gasteiger charge is -2.12. The predicted octanol–water partition coefficient (Wildman–Crippen LogP) is 3.90. The van der Waals surface area contributed by atoms with Gasteiger partial charge in [0.05, 0.1) is 12.7 Å². The molecule has 0 N–H and O–H groups in total. The lowest BCUT2D eigenvalue weighted by molar-refractivity contribution is -0.147. The van der Waals surface area contributed by atoms with Crippen molar-refractivity contribution in [3.63, 3.8) is 0 Å². The van der Waals surface area contributed by atoms with Gasteiger partial charge in [-0.25, -0.2) is 4.79 Å². The first-order chi connectivity index (χ1) is 12.0. The van der Waals surface area contributed by atoms with Gasteiger partial charge in [-0.05, 0) is 42.8 Å². The van der Waals surface area contributed by atoms with Crippen LogP contribution in [0.2, 0.25) is 5.02 Å². The highest BCUT2D eigenvalue weighted by atomic mass is 35.5. The van der Waals surface area contributed by atoms with Gasteiger partial charge >= 0.3 is 5.97 Å². The summed E-state index contributed by atoms with van der Waals surface area (Å²) in [4.78, 5) is 23.9. The Hall–Kier alpha value is -2.79. The van der Waals surface area contributed by atoms with E-state index >= 15 is 0 Å². The minimum atomic E-state index is -0.762. The normalized spacial score (nSPS) is 15.5. The third-order valence-corrected chi connectivity index (χ3v) is 3.87. The molecule has 1 aliphatic rings. The second kappa shape index (κ2) is 6.99. The summed E-state index contributed by atoms with van der Waals surface area (Å²) < 4.78 is 15.8. The number of Topliss-reactive ketones (excluding diaryl/α,β-unsaturated/α-hetero) is 1. The number of methoxy groups -OCH3 is 1. The van der Waals surface area contributed by atoms with Crippen LogP contribution in [0.3, 0.4) is 0 Å². The Morgan fingerprint density at radius 2 is 2.04 bits per heavy atom. The van der Waals surface area contributed by atoms with Gasteiger partial charge in [-0.15, -0.1) is 0 Å². The SMILES string of the molecule is COC(=O)[C@H](C)Oc1ccc2c(c1)OC(=Cc1cccc(Cl)c1)C2=O. The van der Waals surface area contributed by atoms with Crippen molar-refractivity contribution >= 4 is 29.4 Å². The van der Waals surface area contributed by atoms with Gasteiger partial charge in [0.1, 0.15) is 11.5 Å². The molecule has 3 rings (SSSR count). The molecule has 128 valence electrons. The average molecular weight is 359 g/mol. The van der Waals surface area contributed by atoms with Crippen molar-refractivity contribution in [3.05, 3.63) is 64.4 Å². The Balaban J connectivity index is 1.83. The molecule has 0 aromatic heterocycles. The molecule has 0 unspecified atom stereocenters. The van der Waals surface area contributed by atoms with E-state index in [0.717, 1.165) is 5.56 Å². The number of carbonyl (C=O) groups is 2. The standard InChI is InChI=1S/C19H15ClO5/c1-11(19(22)23-2)24-14-6-7-15-16(10-14)25-17(18(15)21)9-12-4-3-5-13(20)8-12/h3-11H,1-2H3/t11-/m0/s1. The van der Waals surface area contributed by atoms with Crippen LogP contribution in [-0.2, 0) is 9.53 Å². The topological polar surface area (TPSA) is 61.8 Å². The van der Waals surface area contributed by atoms with Gasteiger partial charge in [-0.2, -0.15) is 0 Å². The number of carbonyl (C=O) groups excluding carboxylic acids is 2. The molecule has 25 heavy (non-hydrogen) atoms. The van der Waals surface area contributed by atoms with Crippen LogP contribution in [0.4, 0.5) is 0 Å². The van der Waals surface area contributed by atoms with E-state index in [0.29, 0.717) is 22.1 Å². The fourth-order valence-corrected chi connectivity index (χ4v) is 2.61. The quantitative estimate of drug-likeness (QED) is 0.612. The third-order valence-electron chi connectivity index (χ3n) is 3.63. The molecular weight excluding hydrogens is 344 g/mol. The molecule has 2 aromatic rings. The number of allylic oxidation sites excluding steroid dienone is 1. The Labute approximate surface area is 149 Å². The molecule has 0 fully saturated rings. The minimum Gasteiger partial charge on any atom is -0.479 e. The largest absolute Gasteiger partial charge is 0.479 e. The first-order valence-corrected chi connectivity index (χ1v) is 7.94. The third kappa shape index (κ3) is 3.67. The molecule has 1 atom stereocenters. The molecule has 0 bridgehead atoms. The molecule has 5 nitrogen and oxygen atoms in total. The average Bonchev–Trinajstić information content (AvgIpc) is 2.89. The molecule has 2 aromatic carbocycles. The fourth-order valence-electron chi connectivity index (χ4n) is 2.41. The number of halogens is 1. The molecule has 0 aliphatic carbocycles. The van der Waals surface area contributed by atoms with E-state index < -0.39 is 12.1 Å². The first kappa shape index (κ1) is 17.0. The number of esters is 1. The van der Waals surface area contributed by atoms with E-state index in [1.807, 2.05) is 6.07 Å². The molecule has 6 heteroatoms. The zero-order valence-electron chi connectivity index (χ0n) is 13.6. The summed E-state index contributed by atoms with van der Waals surface area (Å²) in [5, 5.41) is 0.574. The van der Waals surface area contributed by atoms with Crippen molar-refractivity contribution in [2.24, 2.45) is 0 Å². The van der Waals surface area contributed by atoms with Crippen LogP contribution in [-0.4, -0.2) is 25.0 Å². The highest BCUT2D eigenvalue weighted by molar-refractivity contribution is 6.30. The lowest BCUT2D eigenvalue weighted by atomic mass is 10.1. The first-order valence-electron chi connectivity index (χ1n) is 7.56. The Bertz CT molecular complexity index is 872. The number of ketones is 1. The van der Waals surface area contributed by atoms with Gasteiger partial charge in [0, 0.05) is 11.1 Å². The lowest BCUT2D eigenvalue weighted by Crippen LogP contribution is -2.24. The van der Waals surface area contributed by atoms with Crippen molar-refractivity contribution in [1.82, 2.24) is 0 Å². The summed E-state index contributed by atoms with van der Waals surface area (Å²) in [7, 11) is 1.29. The summed E-state index contributed by atoms with van der Waals surface area (Å²) in [6, 6.07) is 11.9. The molecule has 0 amide bonds. The van der Waals surface area contributed by atoms with E-state index in [4.69, 9.17) is 21.1 Å². The second-order valence-corrected chi connectivity index (χ2v) is 5.87. The summed E-state index contributed by atoms with van der Waals surface area (Å²) >= 11 is 5.95. The maximum atomic E-state index is 12.4. The highest BCUT2D eigenvalue weighted by Crippen LogP contribution is 2.35. The van der Waals surface area contributed by atoms with Crippen molar-refractivity contribution < 1.29 is 23.8 Å². The molecular formula is C19H15ClO5. The summed E-state index contributed by atoms with van der Waals surface area (Å²) in [5.74, 6) is 0.290. The number of fused-ring (bicyclic) bond motifs is 1. The van der Waals surface area contributed by atoms with Gasteiger partial charge in [0.2, 0.25) is 5.78 Å². The van der Waals surface area contributed by atoms with E-state index in [2.05, 4.69) is 4.74 Å². The number of ether oxygens (including phenoxy) is 3. The Morgan fingerprint density at radius 3 is 2.76 bits per heavy atom. The summed E-state index contributed by atoms with van der Waals surface area (Å²) in [5.41, 5.74) is 1.20. The van der Waals surface area contributed by atoms with Gasteiger partial charge in [-0.1, -0.05) is 23.7 Å². The van der Waals surface area contributed by atoms with E-state index in [1.54, 1.807) is 49.4 Å². The predicted molar refractivity (Wildman–Crippen MR) is 92.9 cm³/mol. The van der Waals surface area contributed by atoms with Crippen LogP contribution in [0.5, 0.6) is 11.5 Å². The van der Waals surface area contributed by atoms with Gasteiger partial charge < -0.3 is 14.2 Å². The summed E-state index contributed by atoms with van der Waals surface area (Å²) in [6.45, 7) is 1.58. The van der Waals surface area contributed by atoms with Crippen LogP contribution >= 0.6 is 11.6 Å². The Morgan fingerprint density at radius 1 is 1.24 bits per heavy atom. The van der Waals surface area contributed by atoms with E-state index in [9.17, 15) is 9.59 Å². The van der Waals surface area contributed by atoms with Gasteiger partial charge in [0.25, 0.3) is 0 Å². The van der Waals surface area contributed by atoms with Crippen molar-refractivity contribution in [2.75, 3.05) is 7.11 Å². The zero-order valence-corrected chi connectivity index (χ0v) is 14.4. The summed E-state index contributed by atoms with van der Waals surface area (Å²) in [6.07, 6.45) is 0.868. The Kier molecular flexibility index (Phi) is 4.76. The monoisotopic (exact) mass is 358 g/mol. The van der Waals surface area contributed by atoms with Crippen molar-refractivity contribution in [2.45, 2.75) is 13.0 Å². The van der Waals surface area contributed by atoms with Crippen LogP contribution in [0.15, 0.2) is 48.2 Å². The minimum absolute atomic E-state index is 0.204. The molecule has 0 radical (unpaired) electrons.